The molecule has 5 nitrogen and oxygen atoms in total. The van der Waals surface area contributed by atoms with Gasteiger partial charge in [0.25, 0.3) is 0 Å². The van der Waals surface area contributed by atoms with E-state index in [0.29, 0.717) is 17.8 Å². The molecule has 2 unspecified atom stereocenters. The fourth-order valence-corrected chi connectivity index (χ4v) is 2.56. The lowest BCUT2D eigenvalue weighted by Gasteiger charge is -2.30. The summed E-state index contributed by atoms with van der Waals surface area (Å²) in [6.07, 6.45) is 6.66. The van der Waals surface area contributed by atoms with Crippen molar-refractivity contribution in [3.63, 3.8) is 0 Å². The van der Waals surface area contributed by atoms with Crippen LogP contribution in [-0.4, -0.2) is 27.9 Å². The molecule has 0 bridgehead atoms. The largest absolute Gasteiger partial charge is 0.382 e. The Kier molecular flexibility index (Phi) is 3.26. The van der Waals surface area contributed by atoms with E-state index in [1.165, 1.54) is 6.42 Å². The van der Waals surface area contributed by atoms with Gasteiger partial charge in [-0.1, -0.05) is 6.92 Å². The quantitative estimate of drug-likeness (QED) is 0.613. The summed E-state index contributed by atoms with van der Waals surface area (Å²) < 4.78 is 0. The van der Waals surface area contributed by atoms with E-state index in [4.69, 9.17) is 11.1 Å². The molecule has 0 amide bonds. The molecule has 2 heterocycles. The summed E-state index contributed by atoms with van der Waals surface area (Å²) >= 11 is 0. The lowest BCUT2D eigenvalue weighted by molar-refractivity contribution is 0.619. The molecule has 0 aromatic carbocycles. The van der Waals surface area contributed by atoms with Crippen LogP contribution >= 0.6 is 0 Å². The van der Waals surface area contributed by atoms with E-state index in [2.05, 4.69) is 28.7 Å². The first-order chi connectivity index (χ1) is 8.15. The summed E-state index contributed by atoms with van der Waals surface area (Å²) in [6, 6.07) is 0.926. The van der Waals surface area contributed by atoms with E-state index in [9.17, 15) is 0 Å². The van der Waals surface area contributed by atoms with Crippen molar-refractivity contribution in [3.8, 4) is 0 Å². The molecule has 2 rings (SSSR count). The van der Waals surface area contributed by atoms with Crippen LogP contribution in [0, 0.1) is 5.41 Å². The number of hydrogen-bond acceptors (Lipinski definition) is 4. The van der Waals surface area contributed by atoms with E-state index in [1.807, 2.05) is 0 Å². The number of amidine groups is 1. The molecular weight excluding hydrogens is 214 g/mol. The Morgan fingerprint density at radius 2 is 2.18 bits per heavy atom. The molecule has 3 N–H and O–H groups in total. The average Bonchev–Trinajstić information content (AvgIpc) is 2.70. The second kappa shape index (κ2) is 4.69. The van der Waals surface area contributed by atoms with Gasteiger partial charge in [0.05, 0.1) is 0 Å². The minimum atomic E-state index is -0.0120. The fraction of sp³-hybridized carbons (Fsp3) is 0.583. The van der Waals surface area contributed by atoms with Gasteiger partial charge in [-0.2, -0.15) is 0 Å². The van der Waals surface area contributed by atoms with Gasteiger partial charge < -0.3 is 10.6 Å². The van der Waals surface area contributed by atoms with E-state index < -0.39 is 0 Å². The third-order valence-electron chi connectivity index (χ3n) is 3.44. The van der Waals surface area contributed by atoms with Crippen molar-refractivity contribution in [1.29, 1.82) is 5.41 Å². The molecule has 0 radical (unpaired) electrons. The van der Waals surface area contributed by atoms with Crippen LogP contribution in [0.5, 0.6) is 0 Å². The third kappa shape index (κ3) is 2.09. The Labute approximate surface area is 102 Å². The van der Waals surface area contributed by atoms with Gasteiger partial charge in [-0.15, -0.1) is 0 Å². The monoisotopic (exact) mass is 233 g/mol. The highest BCUT2D eigenvalue weighted by atomic mass is 15.3. The van der Waals surface area contributed by atoms with Crippen molar-refractivity contribution in [2.75, 3.05) is 4.90 Å². The molecule has 0 spiro atoms. The molecule has 2 atom stereocenters. The number of rotatable bonds is 3. The fourth-order valence-electron chi connectivity index (χ4n) is 2.56. The van der Waals surface area contributed by atoms with Gasteiger partial charge in [0.1, 0.15) is 11.5 Å². The minimum absolute atomic E-state index is 0.0120. The Morgan fingerprint density at radius 3 is 2.82 bits per heavy atom. The highest BCUT2D eigenvalue weighted by Gasteiger charge is 2.32. The van der Waals surface area contributed by atoms with Gasteiger partial charge in [-0.05, 0) is 26.2 Å². The average molecular weight is 233 g/mol. The summed E-state index contributed by atoms with van der Waals surface area (Å²) in [4.78, 5) is 10.8. The zero-order valence-corrected chi connectivity index (χ0v) is 10.3. The lowest BCUT2D eigenvalue weighted by Crippen LogP contribution is -2.37. The van der Waals surface area contributed by atoms with Gasteiger partial charge >= 0.3 is 0 Å². The highest BCUT2D eigenvalue weighted by molar-refractivity contribution is 5.97. The van der Waals surface area contributed by atoms with Crippen molar-refractivity contribution in [3.05, 3.63) is 18.1 Å². The molecule has 0 aliphatic carbocycles. The zero-order valence-electron chi connectivity index (χ0n) is 10.3. The molecule has 1 saturated heterocycles. The van der Waals surface area contributed by atoms with Crippen molar-refractivity contribution in [2.24, 2.45) is 5.73 Å². The SMILES string of the molecule is CCC1CCC(C)N1c1nccnc1C(=N)N. The molecule has 17 heavy (non-hydrogen) atoms. The summed E-state index contributed by atoms with van der Waals surface area (Å²) in [5.41, 5.74) is 6.07. The predicted octanol–water partition coefficient (Wildman–Crippen LogP) is 1.53. The Morgan fingerprint density at radius 1 is 1.47 bits per heavy atom. The summed E-state index contributed by atoms with van der Waals surface area (Å²) in [6.45, 7) is 4.37. The summed E-state index contributed by atoms with van der Waals surface area (Å²) in [5.74, 6) is 0.749. The van der Waals surface area contributed by atoms with Crippen LogP contribution in [0.15, 0.2) is 12.4 Å². The summed E-state index contributed by atoms with van der Waals surface area (Å²) in [5, 5.41) is 7.58. The molecule has 1 aromatic rings. The van der Waals surface area contributed by atoms with Gasteiger partial charge in [0.2, 0.25) is 0 Å². The standard InChI is InChI=1S/C12H19N5/c1-3-9-5-4-8(2)17(9)12-10(11(13)14)15-6-7-16-12/h6-9H,3-5H2,1-2H3,(H3,13,14). The first kappa shape index (κ1) is 11.8. The zero-order chi connectivity index (χ0) is 12.4. The number of nitrogens with one attached hydrogen (secondary N) is 1. The van der Waals surface area contributed by atoms with Crippen molar-refractivity contribution < 1.29 is 0 Å². The van der Waals surface area contributed by atoms with Crippen LogP contribution in [0.4, 0.5) is 5.82 Å². The predicted molar refractivity (Wildman–Crippen MR) is 68.3 cm³/mol. The van der Waals surface area contributed by atoms with Crippen LogP contribution in [0.2, 0.25) is 0 Å². The van der Waals surface area contributed by atoms with Crippen LogP contribution in [0.3, 0.4) is 0 Å². The van der Waals surface area contributed by atoms with Crippen LogP contribution < -0.4 is 10.6 Å². The van der Waals surface area contributed by atoms with Crippen molar-refractivity contribution in [1.82, 2.24) is 9.97 Å². The van der Waals surface area contributed by atoms with E-state index in [-0.39, 0.29) is 5.84 Å². The van der Waals surface area contributed by atoms with E-state index >= 15 is 0 Å². The number of nitrogens with zero attached hydrogens (tertiary/aromatic N) is 3. The van der Waals surface area contributed by atoms with Crippen LogP contribution in [0.25, 0.3) is 0 Å². The molecular formula is C12H19N5. The Bertz CT molecular complexity index is 417. The number of aromatic nitrogens is 2. The molecule has 0 saturated carbocycles. The van der Waals surface area contributed by atoms with Gasteiger partial charge in [0, 0.05) is 24.5 Å². The van der Waals surface area contributed by atoms with Crippen molar-refractivity contribution in [2.45, 2.75) is 45.2 Å². The summed E-state index contributed by atoms with van der Waals surface area (Å²) in [7, 11) is 0. The van der Waals surface area contributed by atoms with Crippen molar-refractivity contribution >= 4 is 11.7 Å². The smallest absolute Gasteiger partial charge is 0.158 e. The topological polar surface area (TPSA) is 78.9 Å². The number of hydrogen-bond donors (Lipinski definition) is 2. The molecule has 92 valence electrons. The maximum atomic E-state index is 7.58. The number of nitrogens with two attached hydrogens (primary N) is 1. The normalized spacial score (nSPS) is 24.0. The maximum Gasteiger partial charge on any atom is 0.158 e. The Hall–Kier alpha value is -1.65. The second-order valence-electron chi connectivity index (χ2n) is 4.54. The first-order valence-corrected chi connectivity index (χ1v) is 6.08. The molecule has 1 aliphatic heterocycles. The molecule has 1 aliphatic rings. The van der Waals surface area contributed by atoms with E-state index in [1.54, 1.807) is 12.4 Å². The minimum Gasteiger partial charge on any atom is -0.382 e. The molecule has 5 heteroatoms. The Balaban J connectivity index is 2.41. The maximum absolute atomic E-state index is 7.58. The third-order valence-corrected chi connectivity index (χ3v) is 3.44. The number of nitrogen functional groups attached to an aromatic ring is 1. The van der Waals surface area contributed by atoms with Crippen LogP contribution in [-0.2, 0) is 0 Å². The highest BCUT2D eigenvalue weighted by Crippen LogP contribution is 2.31. The lowest BCUT2D eigenvalue weighted by atomic mass is 10.1. The first-order valence-electron chi connectivity index (χ1n) is 6.08. The molecule has 1 aromatic heterocycles. The molecule has 1 fully saturated rings. The number of anilines is 1. The van der Waals surface area contributed by atoms with Crippen LogP contribution in [0.1, 0.15) is 38.8 Å². The van der Waals surface area contributed by atoms with E-state index in [0.717, 1.165) is 18.7 Å². The van der Waals surface area contributed by atoms with Gasteiger partial charge in [-0.25, -0.2) is 9.97 Å². The van der Waals surface area contributed by atoms with Gasteiger partial charge in [0.15, 0.2) is 5.82 Å². The van der Waals surface area contributed by atoms with Gasteiger partial charge in [-0.3, -0.25) is 5.41 Å². The second-order valence-corrected chi connectivity index (χ2v) is 4.54.